The average Bonchev–Trinajstić information content (AvgIpc) is 3.61. The SMILES string of the molecule is CC(C)(C)c1cc(CC(=O)NC2CCC(n3nc(-c4ccc(Oc5ccccc5)cc4)c4c(N)ncnc43)CC2)no1. The normalized spacial score (nSPS) is 17.3. The predicted molar refractivity (Wildman–Crippen MR) is 160 cm³/mol. The van der Waals surface area contributed by atoms with E-state index in [1.54, 1.807) is 0 Å². The summed E-state index contributed by atoms with van der Waals surface area (Å²) in [5, 5.41) is 13.0. The van der Waals surface area contributed by atoms with E-state index in [1.165, 1.54) is 6.33 Å². The second-order valence-electron chi connectivity index (χ2n) is 11.9. The minimum Gasteiger partial charge on any atom is -0.457 e. The molecule has 0 unspecified atom stereocenters. The van der Waals surface area contributed by atoms with Crippen LogP contribution < -0.4 is 15.8 Å². The van der Waals surface area contributed by atoms with Gasteiger partial charge in [0.15, 0.2) is 5.65 Å². The van der Waals surface area contributed by atoms with Gasteiger partial charge in [0.05, 0.1) is 23.5 Å². The zero-order valence-corrected chi connectivity index (χ0v) is 24.1. The lowest BCUT2D eigenvalue weighted by Gasteiger charge is -2.29. The van der Waals surface area contributed by atoms with E-state index in [4.69, 9.17) is 20.1 Å². The first-order valence-corrected chi connectivity index (χ1v) is 14.3. The van der Waals surface area contributed by atoms with E-state index in [2.05, 4.69) is 41.2 Å². The van der Waals surface area contributed by atoms with Crippen LogP contribution in [0.4, 0.5) is 5.82 Å². The summed E-state index contributed by atoms with van der Waals surface area (Å²) in [6, 6.07) is 19.6. The van der Waals surface area contributed by atoms with Gasteiger partial charge in [-0.3, -0.25) is 4.79 Å². The van der Waals surface area contributed by atoms with Crippen LogP contribution in [0.5, 0.6) is 11.5 Å². The molecular weight excluding hydrogens is 530 g/mol. The van der Waals surface area contributed by atoms with Gasteiger partial charge in [-0.25, -0.2) is 14.6 Å². The number of nitrogens with zero attached hydrogens (tertiary/aromatic N) is 5. The first-order valence-electron chi connectivity index (χ1n) is 14.3. The molecule has 0 saturated heterocycles. The Morgan fingerprint density at radius 3 is 2.43 bits per heavy atom. The van der Waals surface area contributed by atoms with Gasteiger partial charge in [-0.15, -0.1) is 0 Å². The van der Waals surface area contributed by atoms with Gasteiger partial charge < -0.3 is 20.3 Å². The number of ether oxygens (including phenoxy) is 1. The number of carbonyl (C=O) groups is 1. The number of hydrogen-bond acceptors (Lipinski definition) is 8. The van der Waals surface area contributed by atoms with Gasteiger partial charge in [0.25, 0.3) is 0 Å². The lowest BCUT2D eigenvalue weighted by molar-refractivity contribution is -0.121. The van der Waals surface area contributed by atoms with Crippen molar-refractivity contribution in [2.45, 2.75) is 70.4 Å². The molecule has 10 nitrogen and oxygen atoms in total. The Hall–Kier alpha value is -4.73. The molecule has 42 heavy (non-hydrogen) atoms. The van der Waals surface area contributed by atoms with Crippen LogP contribution in [-0.4, -0.2) is 36.9 Å². The maximum absolute atomic E-state index is 12.7. The van der Waals surface area contributed by atoms with Crippen molar-refractivity contribution in [2.24, 2.45) is 0 Å². The second-order valence-corrected chi connectivity index (χ2v) is 11.9. The van der Waals surface area contributed by atoms with Crippen molar-refractivity contribution in [2.75, 3.05) is 5.73 Å². The molecule has 0 atom stereocenters. The van der Waals surface area contributed by atoms with Crippen LogP contribution in [0.1, 0.15) is 64.0 Å². The summed E-state index contributed by atoms with van der Waals surface area (Å²) in [5.41, 5.74) is 9.22. The molecule has 216 valence electrons. The van der Waals surface area contributed by atoms with Gasteiger partial charge >= 0.3 is 0 Å². The number of nitrogens with one attached hydrogen (secondary N) is 1. The van der Waals surface area contributed by atoms with E-state index in [0.717, 1.165) is 65.2 Å². The molecule has 3 N–H and O–H groups in total. The van der Waals surface area contributed by atoms with Crippen LogP contribution in [0, 0.1) is 0 Å². The number of anilines is 1. The molecule has 10 heteroatoms. The number of nitrogen functional groups attached to an aromatic ring is 1. The smallest absolute Gasteiger partial charge is 0.226 e. The van der Waals surface area contributed by atoms with Crippen molar-refractivity contribution in [3.05, 3.63) is 78.4 Å². The van der Waals surface area contributed by atoms with Gasteiger partial charge in [0.1, 0.15) is 35.1 Å². The van der Waals surface area contributed by atoms with Gasteiger partial charge in [-0.05, 0) is 62.1 Å². The third-order valence-electron chi connectivity index (χ3n) is 7.67. The fraction of sp³-hybridized carbons (Fsp3) is 0.344. The monoisotopic (exact) mass is 565 g/mol. The number of amides is 1. The minimum atomic E-state index is -0.146. The van der Waals surface area contributed by atoms with Crippen molar-refractivity contribution >= 4 is 22.8 Å². The Kier molecular flexibility index (Phi) is 7.36. The van der Waals surface area contributed by atoms with E-state index < -0.39 is 0 Å². The van der Waals surface area contributed by atoms with Crippen LogP contribution in [0.25, 0.3) is 22.3 Å². The van der Waals surface area contributed by atoms with Crippen molar-refractivity contribution in [1.29, 1.82) is 0 Å². The van der Waals surface area contributed by atoms with E-state index in [9.17, 15) is 4.79 Å². The molecule has 0 radical (unpaired) electrons. The van der Waals surface area contributed by atoms with Gasteiger partial charge in [0.2, 0.25) is 5.91 Å². The molecule has 1 amide bonds. The molecule has 5 aromatic rings. The van der Waals surface area contributed by atoms with Crippen molar-refractivity contribution < 1.29 is 14.1 Å². The number of carbonyl (C=O) groups excluding carboxylic acids is 1. The molecule has 3 heterocycles. The van der Waals surface area contributed by atoms with E-state index in [-0.39, 0.29) is 29.8 Å². The number of hydrogen-bond donors (Lipinski definition) is 2. The molecule has 1 saturated carbocycles. The van der Waals surface area contributed by atoms with E-state index in [1.807, 2.05) is 65.3 Å². The molecule has 1 aliphatic rings. The number of fused-ring (bicyclic) bond motifs is 1. The van der Waals surface area contributed by atoms with Gasteiger partial charge in [-0.2, -0.15) is 5.10 Å². The largest absolute Gasteiger partial charge is 0.457 e. The lowest BCUT2D eigenvalue weighted by atomic mass is 9.91. The molecule has 0 spiro atoms. The summed E-state index contributed by atoms with van der Waals surface area (Å²) in [5.74, 6) is 2.64. The summed E-state index contributed by atoms with van der Waals surface area (Å²) in [6.45, 7) is 6.17. The fourth-order valence-corrected chi connectivity index (χ4v) is 5.41. The third-order valence-corrected chi connectivity index (χ3v) is 7.67. The number of para-hydroxylation sites is 1. The highest BCUT2D eigenvalue weighted by molar-refractivity contribution is 5.98. The Balaban J connectivity index is 1.14. The number of rotatable bonds is 7. The molecular formula is C32H35N7O3. The zero-order chi connectivity index (χ0) is 29.3. The van der Waals surface area contributed by atoms with Crippen LogP contribution in [0.3, 0.4) is 0 Å². The maximum atomic E-state index is 12.7. The highest BCUT2D eigenvalue weighted by atomic mass is 16.5. The van der Waals surface area contributed by atoms with Crippen molar-refractivity contribution in [1.82, 2.24) is 30.2 Å². The van der Waals surface area contributed by atoms with Crippen LogP contribution >= 0.6 is 0 Å². The van der Waals surface area contributed by atoms with Gasteiger partial charge in [0, 0.05) is 23.1 Å². The summed E-state index contributed by atoms with van der Waals surface area (Å²) < 4.78 is 13.4. The summed E-state index contributed by atoms with van der Waals surface area (Å²) >= 11 is 0. The Morgan fingerprint density at radius 1 is 1.02 bits per heavy atom. The Morgan fingerprint density at radius 2 is 1.74 bits per heavy atom. The maximum Gasteiger partial charge on any atom is 0.226 e. The zero-order valence-electron chi connectivity index (χ0n) is 24.1. The Bertz CT molecular complexity index is 1680. The topological polar surface area (TPSA) is 134 Å². The first-order chi connectivity index (χ1) is 20.2. The molecule has 3 aromatic heterocycles. The summed E-state index contributed by atoms with van der Waals surface area (Å²) in [4.78, 5) is 21.6. The van der Waals surface area contributed by atoms with Crippen LogP contribution in [0.2, 0.25) is 0 Å². The van der Waals surface area contributed by atoms with Gasteiger partial charge in [-0.1, -0.05) is 44.1 Å². The van der Waals surface area contributed by atoms with Crippen molar-refractivity contribution in [3.8, 4) is 22.8 Å². The number of benzene rings is 2. The average molecular weight is 566 g/mol. The molecule has 0 aliphatic heterocycles. The molecule has 6 rings (SSSR count). The Labute approximate surface area is 244 Å². The summed E-state index contributed by atoms with van der Waals surface area (Å²) in [6.07, 6.45) is 5.08. The predicted octanol–water partition coefficient (Wildman–Crippen LogP) is 6.00. The highest BCUT2D eigenvalue weighted by Gasteiger charge is 2.28. The fourth-order valence-electron chi connectivity index (χ4n) is 5.41. The third kappa shape index (κ3) is 5.83. The quantitative estimate of drug-likeness (QED) is 0.246. The van der Waals surface area contributed by atoms with Crippen LogP contribution in [-0.2, 0) is 16.6 Å². The second kappa shape index (κ2) is 11.3. The highest BCUT2D eigenvalue weighted by Crippen LogP contribution is 2.36. The molecule has 1 fully saturated rings. The number of nitrogens with two attached hydrogens (primary N) is 1. The minimum absolute atomic E-state index is 0.0424. The van der Waals surface area contributed by atoms with Crippen LogP contribution in [0.15, 0.2) is 71.5 Å². The summed E-state index contributed by atoms with van der Waals surface area (Å²) in [7, 11) is 0. The first kappa shape index (κ1) is 27.4. The van der Waals surface area contributed by atoms with E-state index in [0.29, 0.717) is 11.5 Å². The number of aromatic nitrogens is 5. The van der Waals surface area contributed by atoms with E-state index >= 15 is 0 Å². The molecule has 0 bridgehead atoms. The molecule has 2 aromatic carbocycles. The molecule has 1 aliphatic carbocycles. The lowest BCUT2D eigenvalue weighted by Crippen LogP contribution is -2.39. The standard InChI is InChI=1S/C32H35N7O3/c1-32(2,3)26-17-22(38-42-26)18-27(40)36-21-11-13-23(14-12-21)39-31-28(30(33)34-19-35-31)29(37-39)20-9-15-25(16-10-20)41-24-7-5-4-6-8-24/h4-10,15-17,19,21,23H,11-14,18H2,1-3H3,(H,36,40)(H2,33,34,35). The van der Waals surface area contributed by atoms with Crippen molar-refractivity contribution in [3.63, 3.8) is 0 Å².